The van der Waals surface area contributed by atoms with Crippen molar-refractivity contribution in [2.24, 2.45) is 0 Å². The van der Waals surface area contributed by atoms with E-state index in [2.05, 4.69) is 51.8 Å². The third-order valence-electron chi connectivity index (χ3n) is 5.80. The number of carbonyl (C=O) groups excluding carboxylic acids is 2. The van der Waals surface area contributed by atoms with E-state index < -0.39 is 11.8 Å². The molecule has 2 aromatic carbocycles. The third kappa shape index (κ3) is 5.20. The van der Waals surface area contributed by atoms with Gasteiger partial charge in [0.1, 0.15) is 17.5 Å². The zero-order chi connectivity index (χ0) is 24.4. The number of anilines is 2. The molecule has 5 rings (SSSR count). The molecule has 35 heavy (non-hydrogen) atoms. The lowest BCUT2D eigenvalue weighted by Gasteiger charge is -2.23. The average Bonchev–Trinajstić information content (AvgIpc) is 3.49. The van der Waals surface area contributed by atoms with Crippen LogP contribution in [0.4, 0.5) is 11.6 Å². The van der Waals surface area contributed by atoms with Crippen LogP contribution in [0.25, 0.3) is 11.0 Å². The maximum Gasteiger partial charge on any atom is 0.276 e. The highest BCUT2D eigenvalue weighted by atomic mass is 79.9. The largest absolute Gasteiger partial charge is 0.490 e. The Bertz CT molecular complexity index is 1390. The zero-order valence-corrected chi connectivity index (χ0v) is 20.5. The number of aromatic nitrogens is 4. The molecular weight excluding hydrogens is 514 g/mol. The Labute approximate surface area is 209 Å². The molecule has 5 N–H and O–H groups in total. The second kappa shape index (κ2) is 9.88. The number of halogens is 1. The summed E-state index contributed by atoms with van der Waals surface area (Å²) in [6.45, 7) is 3.77. The van der Waals surface area contributed by atoms with Crippen LogP contribution >= 0.6 is 15.9 Å². The fraction of sp³-hybridized carbons (Fsp3) is 0.250. The van der Waals surface area contributed by atoms with E-state index in [-0.39, 0.29) is 23.4 Å². The SMILES string of the molecule is Cc1ccc(Br)cc1NC(=O)c1nc[nH]c1C(=O)Nc1nc2ccc(OC3CCNCC3)cc2[nH]1. The van der Waals surface area contributed by atoms with Gasteiger partial charge in [-0.05, 0) is 62.7 Å². The van der Waals surface area contributed by atoms with E-state index in [0.717, 1.165) is 47.2 Å². The van der Waals surface area contributed by atoms with Crippen molar-refractivity contribution in [3.05, 3.63) is 64.1 Å². The summed E-state index contributed by atoms with van der Waals surface area (Å²) < 4.78 is 6.91. The summed E-state index contributed by atoms with van der Waals surface area (Å²) in [5, 5.41) is 8.82. The molecule has 0 unspecified atom stereocenters. The molecule has 0 bridgehead atoms. The van der Waals surface area contributed by atoms with Gasteiger partial charge in [0, 0.05) is 16.2 Å². The van der Waals surface area contributed by atoms with Gasteiger partial charge in [0.25, 0.3) is 11.8 Å². The standard InChI is InChI=1S/C24H24BrN7O3/c1-13-2-3-14(25)10-18(13)29-22(33)20-21(28-12-27-20)23(34)32-24-30-17-5-4-16(11-19(17)31-24)35-15-6-8-26-9-7-15/h2-5,10-12,15,26H,6-9H2,1H3,(H,27,28)(H,29,33)(H2,30,31,32,34). The van der Waals surface area contributed by atoms with Gasteiger partial charge in [-0.1, -0.05) is 22.0 Å². The summed E-state index contributed by atoms with van der Waals surface area (Å²) in [5.41, 5.74) is 2.94. The van der Waals surface area contributed by atoms with Crippen molar-refractivity contribution in [2.75, 3.05) is 23.7 Å². The Hall–Kier alpha value is -3.70. The molecule has 1 aliphatic heterocycles. The Morgan fingerprint density at radius 2 is 1.91 bits per heavy atom. The smallest absolute Gasteiger partial charge is 0.276 e. The van der Waals surface area contributed by atoms with E-state index in [1.54, 1.807) is 6.07 Å². The number of aryl methyl sites for hydroxylation is 1. The molecular formula is C24H24BrN7O3. The van der Waals surface area contributed by atoms with Crippen molar-refractivity contribution in [1.29, 1.82) is 0 Å². The number of imidazole rings is 2. The summed E-state index contributed by atoms with van der Waals surface area (Å²) in [7, 11) is 0. The molecule has 10 nitrogen and oxygen atoms in total. The molecule has 0 aliphatic carbocycles. The Balaban J connectivity index is 1.29. The molecule has 0 saturated carbocycles. The van der Waals surface area contributed by atoms with Gasteiger partial charge in [-0.3, -0.25) is 14.9 Å². The summed E-state index contributed by atoms with van der Waals surface area (Å²) in [5.74, 6) is -0.0279. The van der Waals surface area contributed by atoms with Crippen LogP contribution in [-0.4, -0.2) is 50.9 Å². The molecule has 4 aromatic rings. The molecule has 1 saturated heterocycles. The van der Waals surface area contributed by atoms with Crippen molar-refractivity contribution in [3.63, 3.8) is 0 Å². The highest BCUT2D eigenvalue weighted by Gasteiger charge is 2.22. The van der Waals surface area contributed by atoms with Crippen LogP contribution in [0.15, 0.2) is 47.2 Å². The second-order valence-electron chi connectivity index (χ2n) is 8.33. The number of piperidine rings is 1. The topological polar surface area (TPSA) is 137 Å². The molecule has 0 radical (unpaired) electrons. The van der Waals surface area contributed by atoms with Gasteiger partial charge in [0.15, 0.2) is 5.69 Å². The van der Waals surface area contributed by atoms with Crippen LogP contribution in [0.1, 0.15) is 39.4 Å². The quantitative estimate of drug-likeness (QED) is 0.252. The predicted octanol–water partition coefficient (Wildman–Crippen LogP) is 3.99. The summed E-state index contributed by atoms with van der Waals surface area (Å²) in [4.78, 5) is 40.1. The van der Waals surface area contributed by atoms with Crippen LogP contribution in [0.3, 0.4) is 0 Å². The summed E-state index contributed by atoms with van der Waals surface area (Å²) >= 11 is 3.40. The normalized spacial score (nSPS) is 14.1. The lowest BCUT2D eigenvalue weighted by Crippen LogP contribution is -2.34. The average molecular weight is 538 g/mol. The highest BCUT2D eigenvalue weighted by Crippen LogP contribution is 2.24. The number of hydrogen-bond acceptors (Lipinski definition) is 6. The first kappa shape index (κ1) is 23.1. The van der Waals surface area contributed by atoms with Gasteiger partial charge < -0.3 is 25.3 Å². The van der Waals surface area contributed by atoms with Crippen molar-refractivity contribution < 1.29 is 14.3 Å². The van der Waals surface area contributed by atoms with Crippen LogP contribution < -0.4 is 20.7 Å². The maximum absolute atomic E-state index is 12.9. The number of H-pyrrole nitrogens is 2. The van der Waals surface area contributed by atoms with E-state index in [1.165, 1.54) is 6.33 Å². The number of benzene rings is 2. The number of amides is 2. The first-order valence-corrected chi connectivity index (χ1v) is 12.0. The van der Waals surface area contributed by atoms with E-state index in [4.69, 9.17) is 4.74 Å². The second-order valence-corrected chi connectivity index (χ2v) is 9.24. The van der Waals surface area contributed by atoms with Crippen molar-refractivity contribution >= 4 is 50.4 Å². The number of hydrogen-bond donors (Lipinski definition) is 5. The van der Waals surface area contributed by atoms with Gasteiger partial charge in [-0.25, -0.2) is 9.97 Å². The van der Waals surface area contributed by atoms with E-state index >= 15 is 0 Å². The monoisotopic (exact) mass is 537 g/mol. The number of carbonyl (C=O) groups is 2. The molecule has 2 amide bonds. The van der Waals surface area contributed by atoms with Crippen molar-refractivity contribution in [3.8, 4) is 5.75 Å². The molecule has 3 heterocycles. The summed E-state index contributed by atoms with van der Waals surface area (Å²) in [6, 6.07) is 11.1. The lowest BCUT2D eigenvalue weighted by atomic mass is 10.1. The molecule has 11 heteroatoms. The highest BCUT2D eigenvalue weighted by molar-refractivity contribution is 9.10. The number of nitrogens with zero attached hydrogens (tertiary/aromatic N) is 2. The maximum atomic E-state index is 12.9. The van der Waals surface area contributed by atoms with E-state index in [0.29, 0.717) is 11.2 Å². The number of rotatable bonds is 6. The van der Waals surface area contributed by atoms with Crippen LogP contribution in [0, 0.1) is 6.92 Å². The predicted molar refractivity (Wildman–Crippen MR) is 136 cm³/mol. The van der Waals surface area contributed by atoms with Gasteiger partial charge in [0.2, 0.25) is 5.95 Å². The van der Waals surface area contributed by atoms with Crippen LogP contribution in [0.2, 0.25) is 0 Å². The van der Waals surface area contributed by atoms with E-state index in [1.807, 2.05) is 37.3 Å². The number of nitrogens with one attached hydrogen (secondary N) is 5. The van der Waals surface area contributed by atoms with Gasteiger partial charge in [-0.2, -0.15) is 0 Å². The van der Waals surface area contributed by atoms with Gasteiger partial charge in [-0.15, -0.1) is 0 Å². The minimum atomic E-state index is -0.538. The molecule has 1 fully saturated rings. The third-order valence-corrected chi connectivity index (χ3v) is 6.30. The van der Waals surface area contributed by atoms with Crippen molar-refractivity contribution in [1.82, 2.24) is 25.3 Å². The molecule has 1 aliphatic rings. The van der Waals surface area contributed by atoms with Gasteiger partial charge >= 0.3 is 0 Å². The number of fused-ring (bicyclic) bond motifs is 1. The minimum absolute atomic E-state index is 0.0179. The molecule has 0 spiro atoms. The van der Waals surface area contributed by atoms with Crippen LogP contribution in [0.5, 0.6) is 5.75 Å². The molecule has 0 atom stereocenters. The minimum Gasteiger partial charge on any atom is -0.490 e. The molecule has 180 valence electrons. The Morgan fingerprint density at radius 3 is 2.74 bits per heavy atom. The zero-order valence-electron chi connectivity index (χ0n) is 18.9. The number of ether oxygens (including phenoxy) is 1. The first-order valence-electron chi connectivity index (χ1n) is 11.3. The van der Waals surface area contributed by atoms with Crippen LogP contribution in [-0.2, 0) is 0 Å². The first-order chi connectivity index (χ1) is 17.0. The Kier molecular flexibility index (Phi) is 6.51. The van der Waals surface area contributed by atoms with Crippen molar-refractivity contribution in [2.45, 2.75) is 25.9 Å². The van der Waals surface area contributed by atoms with Gasteiger partial charge in [0.05, 0.1) is 17.4 Å². The fourth-order valence-electron chi connectivity index (χ4n) is 3.95. The fourth-order valence-corrected chi connectivity index (χ4v) is 4.31. The summed E-state index contributed by atoms with van der Waals surface area (Å²) in [6.07, 6.45) is 3.41. The molecule has 2 aromatic heterocycles. The lowest BCUT2D eigenvalue weighted by molar-refractivity contribution is 0.0985. The van der Waals surface area contributed by atoms with E-state index in [9.17, 15) is 9.59 Å². The Morgan fingerprint density at radius 1 is 1.09 bits per heavy atom. The number of aromatic amines is 2.